The highest BCUT2D eigenvalue weighted by Gasteiger charge is 2.37. The van der Waals surface area contributed by atoms with E-state index in [2.05, 4.69) is 0 Å². The molecule has 0 saturated carbocycles. The van der Waals surface area contributed by atoms with Crippen LogP contribution in [-0.4, -0.2) is 51.7 Å². The first-order valence-corrected chi connectivity index (χ1v) is 8.21. The second kappa shape index (κ2) is 5.55. The van der Waals surface area contributed by atoms with Crippen LogP contribution in [0.15, 0.2) is 18.2 Å². The molecule has 0 radical (unpaired) electrons. The molecular formula is C14H20N2O4S. The molecule has 1 aliphatic rings. The van der Waals surface area contributed by atoms with Gasteiger partial charge in [0.05, 0.1) is 12.2 Å². The molecule has 0 N–H and O–H groups in total. The molecule has 116 valence electrons. The summed E-state index contributed by atoms with van der Waals surface area (Å²) < 4.78 is 32.2. The van der Waals surface area contributed by atoms with Gasteiger partial charge in [0.15, 0.2) is 5.25 Å². The molecule has 2 rings (SSSR count). The summed E-state index contributed by atoms with van der Waals surface area (Å²) in [6.45, 7) is 3.82. The minimum absolute atomic E-state index is 0.212. The van der Waals surface area contributed by atoms with Gasteiger partial charge in [-0.3, -0.25) is 9.10 Å². The van der Waals surface area contributed by atoms with E-state index in [0.29, 0.717) is 11.4 Å². The van der Waals surface area contributed by atoms with E-state index in [-0.39, 0.29) is 13.2 Å². The average molecular weight is 312 g/mol. The maximum absolute atomic E-state index is 12.7. The van der Waals surface area contributed by atoms with Crippen molar-refractivity contribution in [2.75, 3.05) is 31.6 Å². The number of amides is 1. The highest BCUT2D eigenvalue weighted by Crippen LogP contribution is 2.35. The number of nitrogens with zero attached hydrogens (tertiary/aromatic N) is 2. The maximum Gasteiger partial charge on any atom is 0.247 e. The summed E-state index contributed by atoms with van der Waals surface area (Å²) in [6.07, 6.45) is 0. The van der Waals surface area contributed by atoms with Crippen LogP contribution < -0.4 is 9.04 Å². The lowest BCUT2D eigenvalue weighted by atomic mass is 10.2. The third-order valence-electron chi connectivity index (χ3n) is 3.48. The molecule has 0 saturated heterocycles. The number of fused-ring (bicyclic) bond motifs is 1. The van der Waals surface area contributed by atoms with Gasteiger partial charge in [-0.1, -0.05) is 6.07 Å². The molecule has 0 bridgehead atoms. The molecule has 0 fully saturated rings. The van der Waals surface area contributed by atoms with E-state index in [4.69, 9.17) is 4.74 Å². The van der Waals surface area contributed by atoms with Gasteiger partial charge in [0.1, 0.15) is 12.4 Å². The van der Waals surface area contributed by atoms with Crippen molar-refractivity contribution in [1.82, 2.24) is 4.90 Å². The summed E-state index contributed by atoms with van der Waals surface area (Å²) in [6, 6.07) is 5.35. The van der Waals surface area contributed by atoms with Crippen LogP contribution in [0, 0.1) is 6.92 Å². The number of carbonyl (C=O) groups is 1. The zero-order chi connectivity index (χ0) is 15.8. The van der Waals surface area contributed by atoms with Crippen LogP contribution in [0.2, 0.25) is 0 Å². The Kier molecular flexibility index (Phi) is 4.13. The van der Waals surface area contributed by atoms with Crippen molar-refractivity contribution < 1.29 is 17.9 Å². The summed E-state index contributed by atoms with van der Waals surface area (Å²) in [5, 5.41) is -1.13. The predicted molar refractivity (Wildman–Crippen MR) is 81.1 cm³/mol. The van der Waals surface area contributed by atoms with E-state index in [0.717, 1.165) is 5.56 Å². The standard InChI is InChI=1S/C14H20N2O4S/c1-10-5-6-12-13(9-10)20-8-7-16(12)21(18,19)11(2)14(17)15(3)4/h5-6,9,11H,7-8H2,1-4H3/t11-/m1/s1. The van der Waals surface area contributed by atoms with Crippen molar-refractivity contribution >= 4 is 21.6 Å². The SMILES string of the molecule is Cc1ccc2c(c1)OCCN2S(=O)(=O)[C@H](C)C(=O)N(C)C. The van der Waals surface area contributed by atoms with E-state index in [9.17, 15) is 13.2 Å². The zero-order valence-electron chi connectivity index (χ0n) is 12.7. The fourth-order valence-corrected chi connectivity index (χ4v) is 3.85. The third-order valence-corrected chi connectivity index (χ3v) is 5.57. The molecule has 1 aromatic rings. The van der Waals surface area contributed by atoms with Crippen LogP contribution in [0.25, 0.3) is 0 Å². The Labute approximate surface area is 125 Å². The Hall–Kier alpha value is -1.76. The summed E-state index contributed by atoms with van der Waals surface area (Å²) in [5.74, 6) is 0.101. The van der Waals surface area contributed by atoms with Gasteiger partial charge in [-0.25, -0.2) is 8.42 Å². The van der Waals surface area contributed by atoms with Gasteiger partial charge in [0, 0.05) is 14.1 Å². The first kappa shape index (κ1) is 15.6. The number of aryl methyl sites for hydroxylation is 1. The Bertz CT molecular complexity index is 655. The largest absolute Gasteiger partial charge is 0.489 e. The number of carbonyl (C=O) groups excluding carboxylic acids is 1. The molecule has 1 atom stereocenters. The molecule has 0 spiro atoms. The summed E-state index contributed by atoms with van der Waals surface area (Å²) in [5.41, 5.74) is 1.48. The topological polar surface area (TPSA) is 66.9 Å². The van der Waals surface area contributed by atoms with Crippen LogP contribution in [0.3, 0.4) is 0 Å². The molecule has 1 heterocycles. The van der Waals surface area contributed by atoms with Crippen LogP contribution in [0.5, 0.6) is 5.75 Å². The number of hydrogen-bond acceptors (Lipinski definition) is 4. The van der Waals surface area contributed by atoms with Crippen molar-refractivity contribution in [1.29, 1.82) is 0 Å². The van der Waals surface area contributed by atoms with Gasteiger partial charge >= 0.3 is 0 Å². The third kappa shape index (κ3) is 2.83. The van der Waals surface area contributed by atoms with Crippen LogP contribution >= 0.6 is 0 Å². The lowest BCUT2D eigenvalue weighted by molar-refractivity contribution is -0.127. The van der Waals surface area contributed by atoms with Crippen molar-refractivity contribution in [3.63, 3.8) is 0 Å². The normalized spacial score (nSPS) is 15.9. The Morgan fingerprint density at radius 1 is 1.38 bits per heavy atom. The van der Waals surface area contributed by atoms with Crippen molar-refractivity contribution in [2.45, 2.75) is 19.1 Å². The van der Waals surface area contributed by atoms with Crippen LogP contribution in [0.4, 0.5) is 5.69 Å². The molecule has 0 unspecified atom stereocenters. The van der Waals surface area contributed by atoms with E-state index in [1.807, 2.05) is 13.0 Å². The van der Waals surface area contributed by atoms with E-state index >= 15 is 0 Å². The van der Waals surface area contributed by atoms with Crippen molar-refractivity contribution in [3.05, 3.63) is 23.8 Å². The van der Waals surface area contributed by atoms with E-state index in [1.165, 1.54) is 16.1 Å². The van der Waals surface area contributed by atoms with Gasteiger partial charge < -0.3 is 9.64 Å². The monoisotopic (exact) mass is 312 g/mol. The molecule has 21 heavy (non-hydrogen) atoms. The smallest absolute Gasteiger partial charge is 0.247 e. The lowest BCUT2D eigenvalue weighted by Gasteiger charge is -2.32. The van der Waals surface area contributed by atoms with Crippen molar-refractivity contribution in [3.8, 4) is 5.75 Å². The molecule has 7 heteroatoms. The van der Waals surface area contributed by atoms with E-state index < -0.39 is 21.2 Å². The van der Waals surface area contributed by atoms with Gasteiger partial charge in [0.2, 0.25) is 15.9 Å². The Morgan fingerprint density at radius 2 is 2.05 bits per heavy atom. The summed E-state index contributed by atoms with van der Waals surface area (Å²) in [7, 11) is -0.677. The zero-order valence-corrected chi connectivity index (χ0v) is 13.5. The second-order valence-corrected chi connectivity index (χ2v) is 7.49. The quantitative estimate of drug-likeness (QED) is 0.835. The Balaban J connectivity index is 2.41. The van der Waals surface area contributed by atoms with Crippen molar-refractivity contribution in [2.24, 2.45) is 0 Å². The minimum Gasteiger partial charge on any atom is -0.489 e. The van der Waals surface area contributed by atoms with Gasteiger partial charge in [0.25, 0.3) is 0 Å². The predicted octanol–water partition coefficient (Wildman–Crippen LogP) is 1.00. The van der Waals surface area contributed by atoms with E-state index in [1.54, 1.807) is 26.2 Å². The fourth-order valence-electron chi connectivity index (χ4n) is 2.25. The maximum atomic E-state index is 12.7. The number of benzene rings is 1. The van der Waals surface area contributed by atoms with Crippen LogP contribution in [-0.2, 0) is 14.8 Å². The molecule has 1 aliphatic heterocycles. The number of ether oxygens (including phenoxy) is 1. The number of rotatable bonds is 3. The molecule has 0 aromatic heterocycles. The molecule has 1 aromatic carbocycles. The molecule has 6 nitrogen and oxygen atoms in total. The van der Waals surface area contributed by atoms with Crippen LogP contribution in [0.1, 0.15) is 12.5 Å². The van der Waals surface area contributed by atoms with Gasteiger partial charge in [-0.15, -0.1) is 0 Å². The molecule has 1 amide bonds. The second-order valence-electron chi connectivity index (χ2n) is 5.31. The summed E-state index contributed by atoms with van der Waals surface area (Å²) in [4.78, 5) is 13.3. The number of anilines is 1. The first-order chi connectivity index (χ1) is 9.75. The Morgan fingerprint density at radius 3 is 2.67 bits per heavy atom. The first-order valence-electron chi connectivity index (χ1n) is 6.71. The minimum atomic E-state index is -3.77. The van der Waals surface area contributed by atoms with Gasteiger partial charge in [-0.05, 0) is 31.5 Å². The highest BCUT2D eigenvalue weighted by molar-refractivity contribution is 7.94. The van der Waals surface area contributed by atoms with Gasteiger partial charge in [-0.2, -0.15) is 0 Å². The summed E-state index contributed by atoms with van der Waals surface area (Å²) >= 11 is 0. The molecular weight excluding hydrogens is 292 g/mol. The lowest BCUT2D eigenvalue weighted by Crippen LogP contribution is -2.47. The fraction of sp³-hybridized carbons (Fsp3) is 0.500. The molecule has 0 aliphatic carbocycles. The highest BCUT2D eigenvalue weighted by atomic mass is 32.2. The number of sulfonamides is 1. The average Bonchev–Trinajstić information content (AvgIpc) is 2.44. The number of hydrogen-bond donors (Lipinski definition) is 0.